The maximum absolute atomic E-state index is 12.9. The number of amides is 2. The molecule has 5 nitrogen and oxygen atoms in total. The lowest BCUT2D eigenvalue weighted by atomic mass is 9.99. The van der Waals surface area contributed by atoms with Crippen molar-refractivity contribution in [2.45, 2.75) is 39.8 Å². The summed E-state index contributed by atoms with van der Waals surface area (Å²) in [5.74, 6) is 0. The van der Waals surface area contributed by atoms with Crippen molar-refractivity contribution in [1.29, 1.82) is 0 Å². The van der Waals surface area contributed by atoms with E-state index in [2.05, 4.69) is 49.3 Å². The zero-order chi connectivity index (χ0) is 18.9. The average Bonchev–Trinajstić information content (AvgIpc) is 2.66. The SMILES string of the molecule is CC[C@@H](NC(=O)N(CCOC)Cc1ccncc1)c1ccc(C)c(C)c1. The van der Waals surface area contributed by atoms with Crippen LogP contribution in [0.1, 0.15) is 41.6 Å². The molecule has 0 fully saturated rings. The molecule has 2 rings (SSSR count). The Bertz CT molecular complexity index is 704. The summed E-state index contributed by atoms with van der Waals surface area (Å²) in [6.07, 6.45) is 4.32. The van der Waals surface area contributed by atoms with E-state index in [-0.39, 0.29) is 12.1 Å². The molecule has 0 unspecified atom stereocenters. The molecule has 0 aliphatic heterocycles. The Balaban J connectivity index is 2.11. The molecular formula is C21H29N3O2. The third kappa shape index (κ3) is 5.56. The number of carbonyl (C=O) groups is 1. The van der Waals surface area contributed by atoms with Gasteiger partial charge in [0.25, 0.3) is 0 Å². The Morgan fingerprint density at radius 2 is 1.92 bits per heavy atom. The van der Waals surface area contributed by atoms with Crippen LogP contribution in [-0.4, -0.2) is 36.2 Å². The van der Waals surface area contributed by atoms with Gasteiger partial charge in [-0.25, -0.2) is 4.79 Å². The van der Waals surface area contributed by atoms with Gasteiger partial charge in [-0.1, -0.05) is 25.1 Å². The predicted octanol–water partition coefficient (Wildman–Crippen LogP) is 4.01. The van der Waals surface area contributed by atoms with Crippen molar-refractivity contribution in [1.82, 2.24) is 15.2 Å². The lowest BCUT2D eigenvalue weighted by molar-refractivity contribution is 0.144. The average molecular weight is 355 g/mol. The molecule has 0 aliphatic rings. The van der Waals surface area contributed by atoms with E-state index in [1.54, 1.807) is 24.4 Å². The summed E-state index contributed by atoms with van der Waals surface area (Å²) in [6.45, 7) is 7.85. The molecule has 0 spiro atoms. The molecule has 1 atom stereocenters. The molecule has 0 saturated carbocycles. The molecule has 5 heteroatoms. The van der Waals surface area contributed by atoms with Gasteiger partial charge in [-0.3, -0.25) is 4.98 Å². The molecule has 0 radical (unpaired) electrons. The van der Waals surface area contributed by atoms with Crippen molar-refractivity contribution in [3.8, 4) is 0 Å². The third-order valence-corrected chi connectivity index (χ3v) is 4.61. The molecule has 1 heterocycles. The van der Waals surface area contributed by atoms with Gasteiger partial charge < -0.3 is 15.0 Å². The number of carbonyl (C=O) groups excluding carboxylic acids is 1. The number of nitrogens with one attached hydrogen (secondary N) is 1. The number of rotatable bonds is 8. The van der Waals surface area contributed by atoms with Gasteiger partial charge in [0.05, 0.1) is 12.6 Å². The van der Waals surface area contributed by atoms with Crippen LogP contribution in [0.5, 0.6) is 0 Å². The molecule has 0 aliphatic carbocycles. The van der Waals surface area contributed by atoms with E-state index >= 15 is 0 Å². The quantitative estimate of drug-likeness (QED) is 0.778. The zero-order valence-corrected chi connectivity index (χ0v) is 16.2. The summed E-state index contributed by atoms with van der Waals surface area (Å²) in [7, 11) is 1.65. The monoisotopic (exact) mass is 355 g/mol. The van der Waals surface area contributed by atoms with E-state index in [4.69, 9.17) is 4.74 Å². The fourth-order valence-corrected chi connectivity index (χ4v) is 2.81. The molecule has 2 aromatic rings. The first-order chi connectivity index (χ1) is 12.5. The maximum Gasteiger partial charge on any atom is 0.318 e. The zero-order valence-electron chi connectivity index (χ0n) is 16.2. The maximum atomic E-state index is 12.9. The van der Waals surface area contributed by atoms with Gasteiger partial charge in [0.2, 0.25) is 0 Å². The third-order valence-electron chi connectivity index (χ3n) is 4.61. The van der Waals surface area contributed by atoms with Gasteiger partial charge in [0.15, 0.2) is 0 Å². The molecule has 0 saturated heterocycles. The highest BCUT2D eigenvalue weighted by atomic mass is 16.5. The summed E-state index contributed by atoms with van der Waals surface area (Å²) in [6, 6.07) is 10.1. The highest BCUT2D eigenvalue weighted by Crippen LogP contribution is 2.20. The van der Waals surface area contributed by atoms with Crippen molar-refractivity contribution in [2.24, 2.45) is 0 Å². The van der Waals surface area contributed by atoms with E-state index in [0.717, 1.165) is 17.5 Å². The number of aromatic nitrogens is 1. The van der Waals surface area contributed by atoms with Crippen LogP contribution >= 0.6 is 0 Å². The minimum atomic E-state index is -0.0797. The van der Waals surface area contributed by atoms with Crippen LogP contribution in [0.25, 0.3) is 0 Å². The number of pyridine rings is 1. The molecule has 0 bridgehead atoms. The number of hydrogen-bond acceptors (Lipinski definition) is 3. The predicted molar refractivity (Wildman–Crippen MR) is 104 cm³/mol. The van der Waals surface area contributed by atoms with Crippen LogP contribution in [0.15, 0.2) is 42.7 Å². The molecule has 26 heavy (non-hydrogen) atoms. The second kappa shape index (κ2) is 9.92. The summed E-state index contributed by atoms with van der Waals surface area (Å²) < 4.78 is 5.17. The number of aryl methyl sites for hydroxylation is 2. The van der Waals surface area contributed by atoms with E-state index in [9.17, 15) is 4.79 Å². The van der Waals surface area contributed by atoms with Crippen molar-refractivity contribution < 1.29 is 9.53 Å². The largest absolute Gasteiger partial charge is 0.383 e. The van der Waals surface area contributed by atoms with E-state index < -0.39 is 0 Å². The summed E-state index contributed by atoms with van der Waals surface area (Å²) in [5, 5.41) is 3.17. The van der Waals surface area contributed by atoms with Gasteiger partial charge in [-0.2, -0.15) is 0 Å². The number of benzene rings is 1. The van der Waals surface area contributed by atoms with Gasteiger partial charge in [0.1, 0.15) is 0 Å². The van der Waals surface area contributed by atoms with Crippen molar-refractivity contribution >= 4 is 6.03 Å². The molecule has 1 aromatic heterocycles. The van der Waals surface area contributed by atoms with Gasteiger partial charge >= 0.3 is 6.03 Å². The lowest BCUT2D eigenvalue weighted by Gasteiger charge is -2.26. The normalized spacial score (nSPS) is 11.8. The summed E-state index contributed by atoms with van der Waals surface area (Å²) in [4.78, 5) is 18.7. The summed E-state index contributed by atoms with van der Waals surface area (Å²) in [5.41, 5.74) is 4.68. The Hall–Kier alpha value is -2.40. The molecule has 1 N–H and O–H groups in total. The number of urea groups is 1. The van der Waals surface area contributed by atoms with Gasteiger partial charge in [0, 0.05) is 32.6 Å². The topological polar surface area (TPSA) is 54.5 Å². The van der Waals surface area contributed by atoms with Gasteiger partial charge in [-0.15, -0.1) is 0 Å². The highest BCUT2D eigenvalue weighted by molar-refractivity contribution is 5.74. The first-order valence-corrected chi connectivity index (χ1v) is 9.05. The second-order valence-corrected chi connectivity index (χ2v) is 6.52. The van der Waals surface area contributed by atoms with Crippen LogP contribution in [0.4, 0.5) is 4.79 Å². The first-order valence-electron chi connectivity index (χ1n) is 9.05. The van der Waals surface area contributed by atoms with Crippen LogP contribution in [0.3, 0.4) is 0 Å². The second-order valence-electron chi connectivity index (χ2n) is 6.52. The molecule has 2 amide bonds. The Kier molecular flexibility index (Phi) is 7.60. The van der Waals surface area contributed by atoms with E-state index in [0.29, 0.717) is 19.7 Å². The van der Waals surface area contributed by atoms with Crippen LogP contribution in [0, 0.1) is 13.8 Å². The minimum Gasteiger partial charge on any atom is -0.383 e. The highest BCUT2D eigenvalue weighted by Gasteiger charge is 2.19. The van der Waals surface area contributed by atoms with Gasteiger partial charge in [-0.05, 0) is 54.7 Å². The van der Waals surface area contributed by atoms with Crippen LogP contribution < -0.4 is 5.32 Å². The smallest absolute Gasteiger partial charge is 0.318 e. The first kappa shape index (κ1) is 19.9. The van der Waals surface area contributed by atoms with Crippen molar-refractivity contribution in [3.05, 3.63) is 65.0 Å². The van der Waals surface area contributed by atoms with Crippen molar-refractivity contribution in [2.75, 3.05) is 20.3 Å². The fourth-order valence-electron chi connectivity index (χ4n) is 2.81. The Morgan fingerprint density at radius 3 is 2.54 bits per heavy atom. The minimum absolute atomic E-state index is 0.00992. The number of nitrogens with zero attached hydrogens (tertiary/aromatic N) is 2. The molecular weight excluding hydrogens is 326 g/mol. The molecule has 140 valence electrons. The number of ether oxygens (including phenoxy) is 1. The standard InChI is InChI=1S/C21H29N3O2/c1-5-20(19-7-6-16(2)17(3)14-19)23-21(25)24(12-13-26-4)15-18-8-10-22-11-9-18/h6-11,14,20H,5,12-13,15H2,1-4H3,(H,23,25)/t20-/m1/s1. The van der Waals surface area contributed by atoms with E-state index in [1.807, 2.05) is 12.1 Å². The van der Waals surface area contributed by atoms with E-state index in [1.165, 1.54) is 11.1 Å². The van der Waals surface area contributed by atoms with Crippen molar-refractivity contribution in [3.63, 3.8) is 0 Å². The Labute approximate surface area is 156 Å². The summed E-state index contributed by atoms with van der Waals surface area (Å²) >= 11 is 0. The van der Waals surface area contributed by atoms with Crippen LogP contribution in [0.2, 0.25) is 0 Å². The fraction of sp³-hybridized carbons (Fsp3) is 0.429. The molecule has 1 aromatic carbocycles. The number of methoxy groups -OCH3 is 1. The van der Waals surface area contributed by atoms with Crippen LogP contribution in [-0.2, 0) is 11.3 Å². The Morgan fingerprint density at radius 1 is 1.19 bits per heavy atom. The lowest BCUT2D eigenvalue weighted by Crippen LogP contribution is -2.42. The number of hydrogen-bond donors (Lipinski definition) is 1.